The molecule has 1 heterocycles. The largest absolute Gasteiger partial charge is 0.493 e. The van der Waals surface area contributed by atoms with E-state index in [4.69, 9.17) is 9.47 Å². The van der Waals surface area contributed by atoms with Gasteiger partial charge in [0, 0.05) is 23.9 Å². The van der Waals surface area contributed by atoms with E-state index in [0.29, 0.717) is 17.3 Å². The van der Waals surface area contributed by atoms with Crippen LogP contribution in [0.15, 0.2) is 24.3 Å². The standard InChI is InChI=1S/C16H21N3O2/c1-5-12-10-15(17-6-2)19-16(18-12)11-7-8-13(20-3)14(9-11)21-4/h7-10H,5-6H2,1-4H3,(H,17,18,19). The molecule has 5 heteroatoms. The molecule has 0 unspecified atom stereocenters. The summed E-state index contributed by atoms with van der Waals surface area (Å²) in [6, 6.07) is 7.67. The van der Waals surface area contributed by atoms with Crippen molar-refractivity contribution in [3.63, 3.8) is 0 Å². The van der Waals surface area contributed by atoms with Crippen LogP contribution in [0.25, 0.3) is 11.4 Å². The predicted molar refractivity (Wildman–Crippen MR) is 84.1 cm³/mol. The maximum atomic E-state index is 5.34. The zero-order valence-corrected chi connectivity index (χ0v) is 12.9. The second kappa shape index (κ2) is 6.92. The van der Waals surface area contributed by atoms with Crippen LogP contribution < -0.4 is 14.8 Å². The van der Waals surface area contributed by atoms with Gasteiger partial charge in [-0.1, -0.05) is 6.92 Å². The van der Waals surface area contributed by atoms with Gasteiger partial charge in [-0.3, -0.25) is 0 Å². The highest BCUT2D eigenvalue weighted by Gasteiger charge is 2.10. The van der Waals surface area contributed by atoms with Crippen molar-refractivity contribution in [3.8, 4) is 22.9 Å². The molecule has 0 fully saturated rings. The number of nitrogens with zero attached hydrogens (tertiary/aromatic N) is 2. The molecule has 0 saturated carbocycles. The summed E-state index contributed by atoms with van der Waals surface area (Å²) < 4.78 is 10.6. The van der Waals surface area contributed by atoms with E-state index in [1.807, 2.05) is 31.2 Å². The first-order chi connectivity index (χ1) is 10.2. The lowest BCUT2D eigenvalue weighted by Crippen LogP contribution is -2.04. The molecule has 0 aliphatic rings. The van der Waals surface area contributed by atoms with Crippen LogP contribution in [0.1, 0.15) is 19.5 Å². The van der Waals surface area contributed by atoms with Gasteiger partial charge in [0.1, 0.15) is 5.82 Å². The molecule has 112 valence electrons. The van der Waals surface area contributed by atoms with Crippen LogP contribution in [0.3, 0.4) is 0 Å². The van der Waals surface area contributed by atoms with Crippen LogP contribution in [0.5, 0.6) is 11.5 Å². The van der Waals surface area contributed by atoms with E-state index < -0.39 is 0 Å². The molecular weight excluding hydrogens is 266 g/mol. The number of rotatable bonds is 6. The van der Waals surface area contributed by atoms with E-state index in [-0.39, 0.29) is 0 Å². The van der Waals surface area contributed by atoms with Crippen molar-refractivity contribution in [2.45, 2.75) is 20.3 Å². The van der Waals surface area contributed by atoms with E-state index >= 15 is 0 Å². The van der Waals surface area contributed by atoms with Gasteiger partial charge < -0.3 is 14.8 Å². The second-order valence-electron chi connectivity index (χ2n) is 4.52. The summed E-state index contributed by atoms with van der Waals surface area (Å²) in [5, 5.41) is 3.24. The summed E-state index contributed by atoms with van der Waals surface area (Å²) in [6.45, 7) is 4.95. The van der Waals surface area contributed by atoms with Crippen LogP contribution in [0.2, 0.25) is 0 Å². The van der Waals surface area contributed by atoms with Gasteiger partial charge >= 0.3 is 0 Å². The van der Waals surface area contributed by atoms with E-state index in [1.54, 1.807) is 14.2 Å². The number of anilines is 1. The minimum absolute atomic E-state index is 0.672. The number of hydrogen-bond donors (Lipinski definition) is 1. The molecule has 0 bridgehead atoms. The Labute approximate surface area is 125 Å². The van der Waals surface area contributed by atoms with E-state index in [2.05, 4.69) is 22.2 Å². The lowest BCUT2D eigenvalue weighted by Gasteiger charge is -2.11. The minimum Gasteiger partial charge on any atom is -0.493 e. The Bertz CT molecular complexity index is 614. The Kier molecular flexibility index (Phi) is 4.98. The molecule has 0 atom stereocenters. The van der Waals surface area contributed by atoms with Gasteiger partial charge in [0.25, 0.3) is 0 Å². The maximum Gasteiger partial charge on any atom is 0.161 e. The fraction of sp³-hybridized carbons (Fsp3) is 0.375. The van der Waals surface area contributed by atoms with Crippen molar-refractivity contribution < 1.29 is 9.47 Å². The highest BCUT2D eigenvalue weighted by Crippen LogP contribution is 2.31. The molecule has 2 rings (SSSR count). The fourth-order valence-corrected chi connectivity index (χ4v) is 2.05. The molecule has 0 spiro atoms. The van der Waals surface area contributed by atoms with Crippen LogP contribution in [-0.2, 0) is 6.42 Å². The SMILES string of the molecule is CCNc1cc(CC)nc(-c2ccc(OC)c(OC)c2)n1. The van der Waals surface area contributed by atoms with Crippen molar-refractivity contribution in [2.75, 3.05) is 26.1 Å². The monoisotopic (exact) mass is 287 g/mol. The van der Waals surface area contributed by atoms with Gasteiger partial charge in [-0.15, -0.1) is 0 Å². The third-order valence-electron chi connectivity index (χ3n) is 3.14. The summed E-state index contributed by atoms with van der Waals surface area (Å²) in [5.74, 6) is 2.89. The van der Waals surface area contributed by atoms with Crippen molar-refractivity contribution in [2.24, 2.45) is 0 Å². The van der Waals surface area contributed by atoms with Gasteiger partial charge in [0.15, 0.2) is 17.3 Å². The van der Waals surface area contributed by atoms with Crippen molar-refractivity contribution in [1.82, 2.24) is 9.97 Å². The first-order valence-electron chi connectivity index (χ1n) is 7.06. The molecule has 1 aromatic carbocycles. The number of aryl methyl sites for hydroxylation is 1. The molecule has 21 heavy (non-hydrogen) atoms. The normalized spacial score (nSPS) is 10.3. The summed E-state index contributed by atoms with van der Waals surface area (Å²) in [5.41, 5.74) is 1.91. The Hall–Kier alpha value is -2.30. The van der Waals surface area contributed by atoms with Crippen LogP contribution in [-0.4, -0.2) is 30.7 Å². The van der Waals surface area contributed by atoms with Gasteiger partial charge in [-0.2, -0.15) is 0 Å². The Morgan fingerprint density at radius 2 is 1.76 bits per heavy atom. The molecule has 0 radical (unpaired) electrons. The van der Waals surface area contributed by atoms with Crippen molar-refractivity contribution in [3.05, 3.63) is 30.0 Å². The zero-order chi connectivity index (χ0) is 15.2. The summed E-state index contributed by atoms with van der Waals surface area (Å²) in [6.07, 6.45) is 0.862. The number of ether oxygens (including phenoxy) is 2. The summed E-state index contributed by atoms with van der Waals surface area (Å²) in [7, 11) is 3.24. The highest BCUT2D eigenvalue weighted by atomic mass is 16.5. The molecule has 1 aromatic heterocycles. The second-order valence-corrected chi connectivity index (χ2v) is 4.52. The molecule has 0 aliphatic heterocycles. The molecule has 1 N–H and O–H groups in total. The average Bonchev–Trinajstić information content (AvgIpc) is 2.54. The van der Waals surface area contributed by atoms with Gasteiger partial charge in [0.05, 0.1) is 14.2 Å². The maximum absolute atomic E-state index is 5.34. The highest BCUT2D eigenvalue weighted by molar-refractivity contribution is 5.62. The van der Waals surface area contributed by atoms with Gasteiger partial charge in [0.2, 0.25) is 0 Å². The van der Waals surface area contributed by atoms with Gasteiger partial charge in [-0.25, -0.2) is 9.97 Å². The molecule has 2 aromatic rings. The number of aromatic nitrogens is 2. The van der Waals surface area contributed by atoms with E-state index in [1.165, 1.54) is 0 Å². The average molecular weight is 287 g/mol. The van der Waals surface area contributed by atoms with Crippen LogP contribution >= 0.6 is 0 Å². The molecular formula is C16H21N3O2. The van der Waals surface area contributed by atoms with E-state index in [0.717, 1.165) is 30.0 Å². The lowest BCUT2D eigenvalue weighted by molar-refractivity contribution is 0.355. The van der Waals surface area contributed by atoms with E-state index in [9.17, 15) is 0 Å². The number of benzene rings is 1. The molecule has 5 nitrogen and oxygen atoms in total. The smallest absolute Gasteiger partial charge is 0.161 e. The quantitative estimate of drug-likeness (QED) is 0.884. The topological polar surface area (TPSA) is 56.3 Å². The Morgan fingerprint density at radius 3 is 2.38 bits per heavy atom. The van der Waals surface area contributed by atoms with Crippen LogP contribution in [0.4, 0.5) is 5.82 Å². The summed E-state index contributed by atoms with van der Waals surface area (Å²) >= 11 is 0. The number of nitrogens with one attached hydrogen (secondary N) is 1. The van der Waals surface area contributed by atoms with Crippen molar-refractivity contribution in [1.29, 1.82) is 0 Å². The fourth-order valence-electron chi connectivity index (χ4n) is 2.05. The number of hydrogen-bond acceptors (Lipinski definition) is 5. The Morgan fingerprint density at radius 1 is 1.00 bits per heavy atom. The van der Waals surface area contributed by atoms with Gasteiger partial charge in [-0.05, 0) is 31.5 Å². The summed E-state index contributed by atoms with van der Waals surface area (Å²) in [4.78, 5) is 9.14. The third kappa shape index (κ3) is 3.42. The van der Waals surface area contributed by atoms with Crippen LogP contribution in [0, 0.1) is 0 Å². The third-order valence-corrected chi connectivity index (χ3v) is 3.14. The lowest BCUT2D eigenvalue weighted by atomic mass is 10.1. The number of methoxy groups -OCH3 is 2. The predicted octanol–water partition coefficient (Wildman–Crippen LogP) is 3.16. The zero-order valence-electron chi connectivity index (χ0n) is 12.9. The van der Waals surface area contributed by atoms with Crippen molar-refractivity contribution >= 4 is 5.82 Å². The first kappa shape index (κ1) is 15.1. The molecule has 0 amide bonds. The molecule has 0 aliphatic carbocycles. The minimum atomic E-state index is 0.672. The Balaban J connectivity index is 2.47. The first-order valence-corrected chi connectivity index (χ1v) is 7.06. The molecule has 0 saturated heterocycles.